The van der Waals surface area contributed by atoms with Gasteiger partial charge in [0.05, 0.1) is 31.9 Å². The molecule has 2 heterocycles. The molecule has 3 rings (SSSR count). The Labute approximate surface area is 128 Å². The van der Waals surface area contributed by atoms with Crippen molar-refractivity contribution in [1.82, 2.24) is 9.78 Å². The van der Waals surface area contributed by atoms with Crippen LogP contribution in [0.1, 0.15) is 0 Å². The maximum atomic E-state index is 10.6. The van der Waals surface area contributed by atoms with E-state index in [0.29, 0.717) is 13.2 Å². The third-order valence-corrected chi connectivity index (χ3v) is 3.62. The van der Waals surface area contributed by atoms with Gasteiger partial charge in [0.15, 0.2) is 0 Å². The average Bonchev–Trinajstić information content (AvgIpc) is 2.94. The van der Waals surface area contributed by atoms with Crippen LogP contribution in [0, 0.1) is 0 Å². The number of amides is 1. The number of nitrogens with zero attached hydrogens (tertiary/aromatic N) is 3. The van der Waals surface area contributed by atoms with Gasteiger partial charge in [0.1, 0.15) is 6.61 Å². The van der Waals surface area contributed by atoms with Crippen LogP contribution in [0.3, 0.4) is 0 Å². The van der Waals surface area contributed by atoms with Gasteiger partial charge < -0.3 is 20.1 Å². The Morgan fingerprint density at radius 1 is 1.36 bits per heavy atom. The van der Waals surface area contributed by atoms with E-state index in [9.17, 15) is 4.79 Å². The van der Waals surface area contributed by atoms with Gasteiger partial charge in [-0.25, -0.2) is 0 Å². The molecule has 7 heteroatoms. The number of nitrogens with two attached hydrogens (primary N) is 1. The highest BCUT2D eigenvalue weighted by atomic mass is 16.5. The minimum atomic E-state index is -0.458. The molecule has 1 aromatic heterocycles. The normalized spacial score (nSPS) is 15.4. The van der Waals surface area contributed by atoms with Crippen molar-refractivity contribution >= 4 is 22.5 Å². The Bertz CT molecular complexity index is 649. The summed E-state index contributed by atoms with van der Waals surface area (Å²) in [5.74, 6) is -0.458. The van der Waals surface area contributed by atoms with Crippen molar-refractivity contribution in [3.05, 3.63) is 24.4 Å². The van der Waals surface area contributed by atoms with Gasteiger partial charge in [0, 0.05) is 30.4 Å². The number of rotatable bonds is 6. The molecule has 0 spiro atoms. The van der Waals surface area contributed by atoms with Crippen LogP contribution in [-0.2, 0) is 20.8 Å². The molecular weight excluding hydrogens is 284 g/mol. The van der Waals surface area contributed by atoms with Gasteiger partial charge in [0.25, 0.3) is 0 Å². The Morgan fingerprint density at radius 3 is 2.95 bits per heavy atom. The van der Waals surface area contributed by atoms with Crippen LogP contribution in [0.25, 0.3) is 10.9 Å². The zero-order valence-electron chi connectivity index (χ0n) is 12.4. The fourth-order valence-electron chi connectivity index (χ4n) is 2.52. The lowest BCUT2D eigenvalue weighted by Gasteiger charge is -2.28. The summed E-state index contributed by atoms with van der Waals surface area (Å²) in [5, 5.41) is 5.64. The minimum Gasteiger partial charge on any atom is -0.378 e. The van der Waals surface area contributed by atoms with Crippen molar-refractivity contribution in [3.63, 3.8) is 0 Å². The second-order valence-electron chi connectivity index (χ2n) is 5.25. The molecule has 0 unspecified atom stereocenters. The number of carbonyl (C=O) groups is 1. The van der Waals surface area contributed by atoms with Crippen LogP contribution in [0.15, 0.2) is 24.4 Å². The quantitative estimate of drug-likeness (QED) is 0.780. The van der Waals surface area contributed by atoms with E-state index in [4.69, 9.17) is 15.2 Å². The number of carbonyl (C=O) groups excluding carboxylic acids is 1. The molecule has 1 fully saturated rings. The van der Waals surface area contributed by atoms with Crippen molar-refractivity contribution in [1.29, 1.82) is 0 Å². The van der Waals surface area contributed by atoms with Gasteiger partial charge in [-0.15, -0.1) is 0 Å². The first kappa shape index (κ1) is 14.8. The zero-order valence-corrected chi connectivity index (χ0v) is 12.4. The van der Waals surface area contributed by atoms with Crippen LogP contribution in [0.4, 0.5) is 5.69 Å². The molecule has 0 saturated carbocycles. The summed E-state index contributed by atoms with van der Waals surface area (Å²) in [5.41, 5.74) is 7.15. The second kappa shape index (κ2) is 6.76. The van der Waals surface area contributed by atoms with Crippen molar-refractivity contribution in [2.24, 2.45) is 5.73 Å². The topological polar surface area (TPSA) is 82.6 Å². The Hall–Kier alpha value is -2.12. The minimum absolute atomic E-state index is 0.0536. The van der Waals surface area contributed by atoms with Gasteiger partial charge in [-0.05, 0) is 18.2 Å². The van der Waals surface area contributed by atoms with Crippen LogP contribution < -0.4 is 10.6 Å². The molecular formula is C15H20N4O3. The maximum Gasteiger partial charge on any atom is 0.243 e. The van der Waals surface area contributed by atoms with Crippen LogP contribution in [-0.4, -0.2) is 55.2 Å². The van der Waals surface area contributed by atoms with Crippen LogP contribution in [0.2, 0.25) is 0 Å². The van der Waals surface area contributed by atoms with Crippen molar-refractivity contribution in [2.45, 2.75) is 6.54 Å². The molecule has 2 aromatic rings. The number of aromatic nitrogens is 2. The summed E-state index contributed by atoms with van der Waals surface area (Å²) in [6, 6.07) is 6.29. The summed E-state index contributed by atoms with van der Waals surface area (Å²) in [6.45, 7) is 4.30. The van der Waals surface area contributed by atoms with E-state index in [1.165, 1.54) is 5.69 Å². The van der Waals surface area contributed by atoms with Crippen LogP contribution >= 0.6 is 0 Å². The molecule has 22 heavy (non-hydrogen) atoms. The molecule has 0 radical (unpaired) electrons. The van der Waals surface area contributed by atoms with E-state index >= 15 is 0 Å². The van der Waals surface area contributed by atoms with Gasteiger partial charge in [0.2, 0.25) is 5.91 Å². The van der Waals surface area contributed by atoms with E-state index in [-0.39, 0.29) is 6.61 Å². The van der Waals surface area contributed by atoms with E-state index < -0.39 is 5.91 Å². The summed E-state index contributed by atoms with van der Waals surface area (Å²) >= 11 is 0. The Balaban J connectivity index is 1.66. The summed E-state index contributed by atoms with van der Waals surface area (Å²) in [7, 11) is 0. The lowest BCUT2D eigenvalue weighted by Crippen LogP contribution is -2.36. The number of benzene rings is 1. The van der Waals surface area contributed by atoms with Gasteiger partial charge in [-0.1, -0.05) is 0 Å². The molecule has 1 aliphatic rings. The molecule has 2 N–H and O–H groups in total. The van der Waals surface area contributed by atoms with Gasteiger partial charge in [-0.3, -0.25) is 9.48 Å². The number of morpholine rings is 1. The Kier molecular flexibility index (Phi) is 4.55. The maximum absolute atomic E-state index is 10.6. The van der Waals surface area contributed by atoms with E-state index in [0.717, 1.165) is 37.2 Å². The average molecular weight is 304 g/mol. The van der Waals surface area contributed by atoms with E-state index in [1.54, 1.807) is 0 Å². The summed E-state index contributed by atoms with van der Waals surface area (Å²) in [6.07, 6.45) is 1.98. The predicted octanol–water partition coefficient (Wildman–Crippen LogP) is 0.375. The number of anilines is 1. The largest absolute Gasteiger partial charge is 0.378 e. The molecule has 118 valence electrons. The van der Waals surface area contributed by atoms with Crippen LogP contribution in [0.5, 0.6) is 0 Å². The first-order valence-corrected chi connectivity index (χ1v) is 7.38. The third-order valence-electron chi connectivity index (χ3n) is 3.62. The lowest BCUT2D eigenvalue weighted by molar-refractivity contribution is -0.122. The standard InChI is InChI=1S/C15H20N4O3/c16-15(20)11-22-8-5-19-10-12-1-2-13(9-14(12)17-19)18-3-6-21-7-4-18/h1-2,9-10H,3-8,11H2,(H2,16,20). The van der Waals surface area contributed by atoms with Gasteiger partial charge in [-0.2, -0.15) is 5.10 Å². The van der Waals surface area contributed by atoms with E-state index in [2.05, 4.69) is 28.2 Å². The first-order valence-electron chi connectivity index (χ1n) is 7.38. The van der Waals surface area contributed by atoms with E-state index in [1.807, 2.05) is 10.9 Å². The number of hydrogen-bond donors (Lipinski definition) is 1. The molecule has 1 aromatic carbocycles. The van der Waals surface area contributed by atoms with Crippen molar-refractivity contribution in [2.75, 3.05) is 44.4 Å². The summed E-state index contributed by atoms with van der Waals surface area (Å²) in [4.78, 5) is 12.9. The first-order chi connectivity index (χ1) is 10.7. The monoisotopic (exact) mass is 304 g/mol. The van der Waals surface area contributed by atoms with Crippen molar-refractivity contribution < 1.29 is 14.3 Å². The molecule has 1 aliphatic heterocycles. The molecule has 7 nitrogen and oxygen atoms in total. The highest BCUT2D eigenvalue weighted by Crippen LogP contribution is 2.22. The second-order valence-corrected chi connectivity index (χ2v) is 5.25. The fourth-order valence-corrected chi connectivity index (χ4v) is 2.52. The SMILES string of the molecule is NC(=O)COCCn1cc2ccc(N3CCOCC3)cc2n1. The molecule has 1 amide bonds. The number of ether oxygens (including phenoxy) is 2. The summed E-state index contributed by atoms with van der Waals surface area (Å²) < 4.78 is 12.4. The third kappa shape index (κ3) is 3.55. The number of primary amides is 1. The smallest absolute Gasteiger partial charge is 0.243 e. The van der Waals surface area contributed by atoms with Crippen molar-refractivity contribution in [3.8, 4) is 0 Å². The lowest BCUT2D eigenvalue weighted by atomic mass is 10.2. The predicted molar refractivity (Wildman–Crippen MR) is 82.8 cm³/mol. The number of hydrogen-bond acceptors (Lipinski definition) is 5. The van der Waals surface area contributed by atoms with Gasteiger partial charge >= 0.3 is 0 Å². The highest BCUT2D eigenvalue weighted by Gasteiger charge is 2.12. The molecule has 0 atom stereocenters. The molecule has 1 saturated heterocycles. The molecule has 0 aliphatic carbocycles. The fraction of sp³-hybridized carbons (Fsp3) is 0.467. The number of fused-ring (bicyclic) bond motifs is 1. The Morgan fingerprint density at radius 2 is 2.18 bits per heavy atom. The zero-order chi connectivity index (χ0) is 15.4. The molecule has 0 bridgehead atoms. The highest BCUT2D eigenvalue weighted by molar-refractivity contribution is 5.82.